The lowest BCUT2D eigenvalue weighted by atomic mass is 10.2. The Bertz CT molecular complexity index is 894. The van der Waals surface area contributed by atoms with E-state index in [0.717, 1.165) is 5.56 Å². The Labute approximate surface area is 146 Å². The third-order valence-corrected chi connectivity index (χ3v) is 5.33. The maximum Gasteiger partial charge on any atom is 0.240 e. The number of fused-ring (bicyclic) bond motifs is 1. The van der Waals surface area contributed by atoms with Gasteiger partial charge in [-0.2, -0.15) is 0 Å². The van der Waals surface area contributed by atoms with Crippen LogP contribution in [0.4, 0.5) is 5.69 Å². The highest BCUT2D eigenvalue weighted by atomic mass is 32.2. The van der Waals surface area contributed by atoms with Gasteiger partial charge < -0.3 is 14.4 Å². The van der Waals surface area contributed by atoms with E-state index in [0.29, 0.717) is 17.2 Å². The normalized spacial score (nSPS) is 12.9. The zero-order chi connectivity index (χ0) is 18.0. The van der Waals surface area contributed by atoms with Gasteiger partial charge in [0.2, 0.25) is 22.7 Å². The highest BCUT2D eigenvalue weighted by Gasteiger charge is 2.17. The number of rotatable bonds is 5. The summed E-state index contributed by atoms with van der Waals surface area (Å²) < 4.78 is 37.9. The molecule has 0 saturated heterocycles. The molecule has 132 valence electrons. The summed E-state index contributed by atoms with van der Waals surface area (Å²) in [4.78, 5) is 12.9. The van der Waals surface area contributed by atoms with E-state index in [1.54, 1.807) is 37.4 Å². The van der Waals surface area contributed by atoms with Crippen LogP contribution < -0.4 is 19.1 Å². The molecule has 2 aromatic rings. The van der Waals surface area contributed by atoms with Crippen LogP contribution in [0.25, 0.3) is 0 Å². The Balaban J connectivity index is 1.70. The molecule has 0 spiro atoms. The number of nitrogens with one attached hydrogen (secondary N) is 1. The van der Waals surface area contributed by atoms with E-state index in [-0.39, 0.29) is 24.1 Å². The molecule has 1 aliphatic rings. The fourth-order valence-electron chi connectivity index (χ4n) is 2.34. The minimum Gasteiger partial charge on any atom is -0.454 e. The highest BCUT2D eigenvalue weighted by Crippen LogP contribution is 2.32. The molecule has 1 heterocycles. The predicted octanol–water partition coefficient (Wildman–Crippen LogP) is 1.88. The summed E-state index contributed by atoms with van der Waals surface area (Å²) in [5, 5.41) is 0. The number of hydrogen-bond acceptors (Lipinski definition) is 5. The molecule has 0 unspecified atom stereocenters. The van der Waals surface area contributed by atoms with Gasteiger partial charge in [0.05, 0.1) is 4.90 Å². The van der Waals surface area contributed by atoms with Crippen LogP contribution in [0.5, 0.6) is 11.5 Å². The third kappa shape index (κ3) is 3.75. The van der Waals surface area contributed by atoms with Gasteiger partial charge in [-0.1, -0.05) is 6.07 Å². The second kappa shape index (κ2) is 6.73. The molecule has 3 rings (SSSR count). The lowest BCUT2D eigenvalue weighted by molar-refractivity contribution is -0.116. The van der Waals surface area contributed by atoms with Gasteiger partial charge in [-0.05, 0) is 42.0 Å². The molecule has 1 aliphatic heterocycles. The first-order chi connectivity index (χ1) is 11.9. The van der Waals surface area contributed by atoms with Crippen molar-refractivity contribution >= 4 is 21.6 Å². The fourth-order valence-corrected chi connectivity index (χ4v) is 3.36. The topological polar surface area (TPSA) is 84.9 Å². The van der Waals surface area contributed by atoms with E-state index in [4.69, 9.17) is 9.47 Å². The fraction of sp³-hybridized carbons (Fsp3) is 0.235. The number of nitrogens with zero attached hydrogens (tertiary/aromatic N) is 1. The quantitative estimate of drug-likeness (QED) is 0.878. The second-order valence-electron chi connectivity index (χ2n) is 5.58. The van der Waals surface area contributed by atoms with Crippen LogP contribution in [0.3, 0.4) is 0 Å². The first kappa shape index (κ1) is 17.2. The molecular formula is C17H18N2O5S. The molecule has 1 amide bonds. The number of carbonyl (C=O) groups is 1. The Morgan fingerprint density at radius 2 is 1.80 bits per heavy atom. The van der Waals surface area contributed by atoms with Gasteiger partial charge >= 0.3 is 0 Å². The van der Waals surface area contributed by atoms with Gasteiger partial charge in [0.25, 0.3) is 0 Å². The van der Waals surface area contributed by atoms with Gasteiger partial charge in [0.15, 0.2) is 11.5 Å². The van der Waals surface area contributed by atoms with Crippen molar-refractivity contribution in [3.8, 4) is 11.5 Å². The molecule has 7 nitrogen and oxygen atoms in total. The largest absolute Gasteiger partial charge is 0.454 e. The van der Waals surface area contributed by atoms with Gasteiger partial charge in [-0.15, -0.1) is 0 Å². The average Bonchev–Trinajstić information content (AvgIpc) is 3.07. The number of hydrogen-bond donors (Lipinski definition) is 1. The summed E-state index contributed by atoms with van der Waals surface area (Å²) in [6.45, 7) is 1.75. The molecule has 0 bridgehead atoms. The maximum absolute atomic E-state index is 12.4. The Hall–Kier alpha value is -2.58. The van der Waals surface area contributed by atoms with Crippen LogP contribution in [0, 0.1) is 0 Å². The van der Waals surface area contributed by atoms with Gasteiger partial charge in [0.1, 0.15) is 0 Å². The van der Waals surface area contributed by atoms with Crippen LogP contribution >= 0.6 is 0 Å². The van der Waals surface area contributed by atoms with Crippen molar-refractivity contribution < 1.29 is 22.7 Å². The minimum atomic E-state index is -3.66. The van der Waals surface area contributed by atoms with Crippen molar-refractivity contribution in [2.45, 2.75) is 18.4 Å². The molecule has 0 saturated carbocycles. The standard InChI is InChI=1S/C17H18N2O5S/c1-12(20)19(2)14-4-6-15(7-5-14)25(21,22)18-10-13-3-8-16-17(9-13)24-11-23-16/h3-9,18H,10-11H2,1-2H3. The first-order valence-corrected chi connectivity index (χ1v) is 9.08. The summed E-state index contributed by atoms with van der Waals surface area (Å²) in [5.41, 5.74) is 1.39. The molecule has 0 radical (unpaired) electrons. The summed E-state index contributed by atoms with van der Waals surface area (Å²) in [5.74, 6) is 1.13. The molecule has 0 aliphatic carbocycles. The molecule has 8 heteroatoms. The number of sulfonamides is 1. The smallest absolute Gasteiger partial charge is 0.240 e. The van der Waals surface area contributed by atoms with E-state index >= 15 is 0 Å². The van der Waals surface area contributed by atoms with E-state index in [2.05, 4.69) is 4.72 Å². The van der Waals surface area contributed by atoms with Gasteiger partial charge in [0, 0.05) is 26.2 Å². The maximum atomic E-state index is 12.4. The van der Waals surface area contributed by atoms with E-state index in [1.807, 2.05) is 0 Å². The SMILES string of the molecule is CC(=O)N(C)c1ccc(S(=O)(=O)NCc2ccc3c(c2)OCO3)cc1. The van der Waals surface area contributed by atoms with Crippen LogP contribution in [0.2, 0.25) is 0 Å². The lowest BCUT2D eigenvalue weighted by Gasteiger charge is -2.15. The van der Waals surface area contributed by atoms with Gasteiger partial charge in [-0.3, -0.25) is 4.79 Å². The summed E-state index contributed by atoms with van der Waals surface area (Å²) >= 11 is 0. The highest BCUT2D eigenvalue weighted by molar-refractivity contribution is 7.89. The molecule has 25 heavy (non-hydrogen) atoms. The number of amides is 1. The number of carbonyl (C=O) groups excluding carboxylic acids is 1. The van der Waals surface area contributed by atoms with Crippen molar-refractivity contribution in [2.75, 3.05) is 18.7 Å². The van der Waals surface area contributed by atoms with E-state index < -0.39 is 10.0 Å². The summed E-state index contributed by atoms with van der Waals surface area (Å²) in [6, 6.07) is 11.4. The van der Waals surface area contributed by atoms with Gasteiger partial charge in [-0.25, -0.2) is 13.1 Å². The van der Waals surface area contributed by atoms with Crippen LogP contribution in [0.1, 0.15) is 12.5 Å². The van der Waals surface area contributed by atoms with Crippen molar-refractivity contribution in [1.82, 2.24) is 4.72 Å². The van der Waals surface area contributed by atoms with Crippen LogP contribution in [-0.4, -0.2) is 28.2 Å². The van der Waals surface area contributed by atoms with Crippen molar-refractivity contribution in [3.05, 3.63) is 48.0 Å². The number of anilines is 1. The minimum absolute atomic E-state index is 0.128. The van der Waals surface area contributed by atoms with E-state index in [9.17, 15) is 13.2 Å². The average molecular weight is 362 g/mol. The van der Waals surface area contributed by atoms with Crippen LogP contribution in [0.15, 0.2) is 47.4 Å². The Kier molecular flexibility index (Phi) is 4.65. The Morgan fingerprint density at radius 3 is 2.48 bits per heavy atom. The third-order valence-electron chi connectivity index (χ3n) is 3.91. The van der Waals surface area contributed by atoms with Crippen molar-refractivity contribution in [1.29, 1.82) is 0 Å². The number of ether oxygens (including phenoxy) is 2. The van der Waals surface area contributed by atoms with Crippen LogP contribution in [-0.2, 0) is 21.4 Å². The zero-order valence-electron chi connectivity index (χ0n) is 13.9. The number of benzene rings is 2. The molecule has 0 atom stereocenters. The summed E-state index contributed by atoms with van der Waals surface area (Å²) in [6.07, 6.45) is 0. The predicted molar refractivity (Wildman–Crippen MR) is 92.1 cm³/mol. The molecule has 0 fully saturated rings. The molecule has 1 N–H and O–H groups in total. The molecular weight excluding hydrogens is 344 g/mol. The van der Waals surface area contributed by atoms with E-state index in [1.165, 1.54) is 24.0 Å². The lowest BCUT2D eigenvalue weighted by Crippen LogP contribution is -2.24. The monoisotopic (exact) mass is 362 g/mol. The molecule has 0 aromatic heterocycles. The first-order valence-electron chi connectivity index (χ1n) is 7.59. The van der Waals surface area contributed by atoms with Crippen molar-refractivity contribution in [2.24, 2.45) is 0 Å². The zero-order valence-corrected chi connectivity index (χ0v) is 14.7. The Morgan fingerprint density at radius 1 is 1.12 bits per heavy atom. The summed E-state index contributed by atoms with van der Waals surface area (Å²) in [7, 11) is -2.03. The second-order valence-corrected chi connectivity index (χ2v) is 7.35. The molecule has 2 aromatic carbocycles. The van der Waals surface area contributed by atoms with Crippen molar-refractivity contribution in [3.63, 3.8) is 0 Å².